The minimum atomic E-state index is 0.0935. The van der Waals surface area contributed by atoms with Crippen molar-refractivity contribution in [2.45, 2.75) is 39.8 Å². The Balaban J connectivity index is 2.16. The van der Waals surface area contributed by atoms with Crippen molar-refractivity contribution in [2.75, 3.05) is 0 Å². The monoisotopic (exact) mass is 339 g/mol. The minimum absolute atomic E-state index is 0.0935. The number of benzene rings is 1. The molecule has 0 amide bonds. The average molecular weight is 340 g/mol. The predicted molar refractivity (Wildman–Crippen MR) is 84.4 cm³/mol. The van der Waals surface area contributed by atoms with Gasteiger partial charge >= 0.3 is 0 Å². The van der Waals surface area contributed by atoms with Crippen LogP contribution < -0.4 is 5.32 Å². The van der Waals surface area contributed by atoms with Crippen LogP contribution in [0.5, 0.6) is 0 Å². The Hall–Kier alpha value is -0.780. The Morgan fingerprint density at radius 2 is 2.00 bits per heavy atom. The van der Waals surface area contributed by atoms with Crippen molar-refractivity contribution in [3.8, 4) is 10.6 Å². The van der Waals surface area contributed by atoms with E-state index >= 15 is 0 Å². The Morgan fingerprint density at radius 1 is 1.26 bits per heavy atom. The van der Waals surface area contributed by atoms with Gasteiger partial charge in [0.05, 0.1) is 6.54 Å². The molecule has 1 N–H and O–H groups in total. The van der Waals surface area contributed by atoms with E-state index in [1.165, 1.54) is 5.56 Å². The lowest BCUT2D eigenvalue weighted by molar-refractivity contribution is 0.423. The zero-order chi connectivity index (χ0) is 14.0. The van der Waals surface area contributed by atoms with Crippen LogP contribution in [0.3, 0.4) is 0 Å². The van der Waals surface area contributed by atoms with Crippen molar-refractivity contribution in [3.63, 3.8) is 0 Å². The first-order valence-electron chi connectivity index (χ1n) is 6.19. The van der Waals surface area contributed by atoms with Crippen molar-refractivity contribution >= 4 is 27.3 Å². The first-order chi connectivity index (χ1) is 8.85. The molecule has 5 heteroatoms. The number of hydrogen-bond acceptors (Lipinski definition) is 4. The van der Waals surface area contributed by atoms with Gasteiger partial charge in [0.15, 0.2) is 0 Å². The lowest BCUT2D eigenvalue weighted by Gasteiger charge is -2.19. The molecule has 0 aliphatic heterocycles. The quantitative estimate of drug-likeness (QED) is 0.912. The minimum Gasteiger partial charge on any atom is -0.306 e. The molecule has 1 heterocycles. The van der Waals surface area contributed by atoms with Crippen LogP contribution in [0.25, 0.3) is 10.6 Å². The molecule has 2 rings (SSSR count). The van der Waals surface area contributed by atoms with Crippen molar-refractivity contribution < 1.29 is 0 Å². The number of rotatable bonds is 3. The summed E-state index contributed by atoms with van der Waals surface area (Å²) in [6.45, 7) is 9.26. The maximum atomic E-state index is 4.28. The standard InChI is InChI=1S/C14H18BrN3S/c1-9-5-6-10(11(15)7-9)13-18-17-12(19-13)8-16-14(2,3)4/h5-7,16H,8H2,1-4H3. The molecule has 0 saturated heterocycles. The van der Waals surface area contributed by atoms with E-state index < -0.39 is 0 Å². The van der Waals surface area contributed by atoms with Crippen LogP contribution in [0.1, 0.15) is 31.3 Å². The van der Waals surface area contributed by atoms with Crippen molar-refractivity contribution in [3.05, 3.63) is 33.2 Å². The third kappa shape index (κ3) is 4.09. The fourth-order valence-electron chi connectivity index (χ4n) is 1.57. The van der Waals surface area contributed by atoms with Gasteiger partial charge in [-0.1, -0.05) is 39.4 Å². The molecule has 0 unspecified atom stereocenters. The lowest BCUT2D eigenvalue weighted by Crippen LogP contribution is -2.35. The van der Waals surface area contributed by atoms with Crippen LogP contribution in [0, 0.1) is 6.92 Å². The molecular weight excluding hydrogens is 322 g/mol. The second kappa shape index (κ2) is 5.69. The van der Waals surface area contributed by atoms with Crippen LogP contribution in [-0.4, -0.2) is 15.7 Å². The summed E-state index contributed by atoms with van der Waals surface area (Å²) in [5.41, 5.74) is 2.43. The van der Waals surface area contributed by atoms with E-state index in [0.29, 0.717) is 0 Å². The third-order valence-electron chi connectivity index (χ3n) is 2.59. The Morgan fingerprint density at radius 3 is 2.63 bits per heavy atom. The first kappa shape index (κ1) is 14.6. The number of hydrogen-bond donors (Lipinski definition) is 1. The summed E-state index contributed by atoms with van der Waals surface area (Å²) >= 11 is 5.22. The van der Waals surface area contributed by atoms with E-state index in [1.54, 1.807) is 11.3 Å². The van der Waals surface area contributed by atoms with Crippen LogP contribution in [0.15, 0.2) is 22.7 Å². The highest BCUT2D eigenvalue weighted by molar-refractivity contribution is 9.10. The normalized spacial score (nSPS) is 11.8. The second-order valence-corrected chi connectivity index (χ2v) is 7.50. The molecule has 0 fully saturated rings. The van der Waals surface area contributed by atoms with Gasteiger partial charge in [-0.15, -0.1) is 10.2 Å². The van der Waals surface area contributed by atoms with Crippen LogP contribution in [0.2, 0.25) is 0 Å². The molecule has 102 valence electrons. The van der Waals surface area contributed by atoms with Gasteiger partial charge in [0, 0.05) is 15.6 Å². The van der Waals surface area contributed by atoms with Crippen molar-refractivity contribution in [2.24, 2.45) is 0 Å². The topological polar surface area (TPSA) is 37.8 Å². The fourth-order valence-corrected chi connectivity index (χ4v) is 3.20. The summed E-state index contributed by atoms with van der Waals surface area (Å²) in [6, 6.07) is 6.28. The van der Waals surface area contributed by atoms with Gasteiger partial charge in [-0.2, -0.15) is 0 Å². The lowest BCUT2D eigenvalue weighted by atomic mass is 10.1. The summed E-state index contributed by atoms with van der Waals surface area (Å²) in [4.78, 5) is 0. The van der Waals surface area contributed by atoms with E-state index in [0.717, 1.165) is 26.6 Å². The smallest absolute Gasteiger partial charge is 0.148 e. The highest BCUT2D eigenvalue weighted by atomic mass is 79.9. The molecule has 0 aliphatic carbocycles. The van der Waals surface area contributed by atoms with E-state index in [9.17, 15) is 0 Å². The highest BCUT2D eigenvalue weighted by Crippen LogP contribution is 2.31. The molecule has 1 aromatic carbocycles. The number of nitrogens with zero attached hydrogens (tertiary/aromatic N) is 2. The van der Waals surface area contributed by atoms with E-state index in [2.05, 4.69) is 77.3 Å². The summed E-state index contributed by atoms with van der Waals surface area (Å²) < 4.78 is 1.07. The largest absolute Gasteiger partial charge is 0.306 e. The van der Waals surface area contributed by atoms with E-state index in [4.69, 9.17) is 0 Å². The summed E-state index contributed by atoms with van der Waals surface area (Å²) in [5.74, 6) is 0. The number of halogens is 1. The molecule has 0 saturated carbocycles. The van der Waals surface area contributed by atoms with E-state index in [-0.39, 0.29) is 5.54 Å². The Bertz CT molecular complexity index is 572. The van der Waals surface area contributed by atoms with Gasteiger partial charge in [0.25, 0.3) is 0 Å². The van der Waals surface area contributed by atoms with E-state index in [1.807, 2.05) is 0 Å². The van der Waals surface area contributed by atoms with Gasteiger partial charge in [-0.3, -0.25) is 0 Å². The molecule has 0 aliphatic rings. The SMILES string of the molecule is Cc1ccc(-c2nnc(CNC(C)(C)C)s2)c(Br)c1. The van der Waals surface area contributed by atoms with Crippen LogP contribution in [0.4, 0.5) is 0 Å². The van der Waals surface area contributed by atoms with Gasteiger partial charge in [-0.25, -0.2) is 0 Å². The Labute approximate surface area is 126 Å². The molecule has 0 atom stereocenters. The van der Waals surface area contributed by atoms with Gasteiger partial charge in [0.2, 0.25) is 0 Å². The maximum absolute atomic E-state index is 4.28. The summed E-state index contributed by atoms with van der Waals surface area (Å²) in [6.07, 6.45) is 0. The number of aryl methyl sites for hydroxylation is 1. The molecule has 3 nitrogen and oxygen atoms in total. The van der Waals surface area contributed by atoms with Gasteiger partial charge in [-0.05, 0) is 39.3 Å². The number of nitrogens with one attached hydrogen (secondary N) is 1. The molecule has 0 radical (unpaired) electrons. The molecule has 2 aromatic rings. The van der Waals surface area contributed by atoms with Crippen LogP contribution in [-0.2, 0) is 6.54 Å². The zero-order valence-electron chi connectivity index (χ0n) is 11.6. The molecule has 19 heavy (non-hydrogen) atoms. The summed E-state index contributed by atoms with van der Waals surface area (Å²) in [7, 11) is 0. The second-order valence-electron chi connectivity index (χ2n) is 5.59. The maximum Gasteiger partial charge on any atom is 0.148 e. The molecule has 1 aromatic heterocycles. The highest BCUT2D eigenvalue weighted by Gasteiger charge is 2.13. The summed E-state index contributed by atoms with van der Waals surface area (Å²) in [5, 5.41) is 13.9. The van der Waals surface area contributed by atoms with Crippen LogP contribution >= 0.6 is 27.3 Å². The average Bonchev–Trinajstić information content (AvgIpc) is 2.74. The predicted octanol–water partition coefficient (Wildman–Crippen LogP) is 4.16. The first-order valence-corrected chi connectivity index (χ1v) is 7.80. The molecular formula is C14H18BrN3S. The Kier molecular flexibility index (Phi) is 4.38. The fraction of sp³-hybridized carbons (Fsp3) is 0.429. The zero-order valence-corrected chi connectivity index (χ0v) is 14.0. The van der Waals surface area contributed by atoms with Crippen molar-refractivity contribution in [1.29, 1.82) is 0 Å². The van der Waals surface area contributed by atoms with Gasteiger partial charge < -0.3 is 5.32 Å². The van der Waals surface area contributed by atoms with Crippen molar-refractivity contribution in [1.82, 2.24) is 15.5 Å². The number of aromatic nitrogens is 2. The van der Waals surface area contributed by atoms with Gasteiger partial charge in [0.1, 0.15) is 10.0 Å². The third-order valence-corrected chi connectivity index (χ3v) is 4.20. The molecule has 0 spiro atoms. The molecule has 0 bridgehead atoms.